The maximum atomic E-state index is 11.6. The Hall–Kier alpha value is -2.50. The molecule has 22 heavy (non-hydrogen) atoms. The van der Waals surface area contributed by atoms with E-state index in [-0.39, 0.29) is 11.8 Å². The molecule has 1 atom stereocenters. The summed E-state index contributed by atoms with van der Waals surface area (Å²) in [6.45, 7) is 3.08. The standard InChI is InChI=1S/C16H18N4O2/c1-12(21)20-9-3-4-13(11-20)15-16(19-8-7-18-15)22-14-5-2-6-17-10-14/h2,5-8,10,13H,3-4,9,11H2,1H3. The summed E-state index contributed by atoms with van der Waals surface area (Å²) in [4.78, 5) is 26.2. The lowest BCUT2D eigenvalue weighted by Gasteiger charge is -2.32. The third-order valence-electron chi connectivity index (χ3n) is 3.79. The summed E-state index contributed by atoms with van der Waals surface area (Å²) in [7, 11) is 0. The fourth-order valence-electron chi connectivity index (χ4n) is 2.70. The molecular formula is C16H18N4O2. The predicted molar refractivity (Wildman–Crippen MR) is 80.6 cm³/mol. The van der Waals surface area contributed by atoms with Crippen molar-refractivity contribution in [2.24, 2.45) is 0 Å². The molecule has 1 aliphatic heterocycles. The van der Waals surface area contributed by atoms with Crippen LogP contribution in [0.15, 0.2) is 36.9 Å². The molecule has 1 amide bonds. The molecule has 0 saturated carbocycles. The van der Waals surface area contributed by atoms with Gasteiger partial charge in [-0.25, -0.2) is 4.98 Å². The number of rotatable bonds is 3. The molecule has 114 valence electrons. The fraction of sp³-hybridized carbons (Fsp3) is 0.375. The zero-order chi connectivity index (χ0) is 15.4. The van der Waals surface area contributed by atoms with Crippen LogP contribution in [0.5, 0.6) is 11.6 Å². The van der Waals surface area contributed by atoms with Gasteiger partial charge in [0.05, 0.1) is 6.20 Å². The van der Waals surface area contributed by atoms with E-state index in [1.807, 2.05) is 17.0 Å². The van der Waals surface area contributed by atoms with Gasteiger partial charge in [0.25, 0.3) is 0 Å². The third-order valence-corrected chi connectivity index (χ3v) is 3.79. The number of pyridine rings is 1. The maximum Gasteiger partial charge on any atom is 0.241 e. The Morgan fingerprint density at radius 3 is 2.95 bits per heavy atom. The molecule has 1 saturated heterocycles. The highest BCUT2D eigenvalue weighted by atomic mass is 16.5. The van der Waals surface area contributed by atoms with Crippen LogP contribution in [0.2, 0.25) is 0 Å². The number of hydrogen-bond acceptors (Lipinski definition) is 5. The van der Waals surface area contributed by atoms with Gasteiger partial charge in [-0.3, -0.25) is 14.8 Å². The second kappa shape index (κ2) is 6.51. The quantitative estimate of drug-likeness (QED) is 0.870. The Bertz CT molecular complexity index is 648. The van der Waals surface area contributed by atoms with Crippen LogP contribution < -0.4 is 4.74 Å². The molecule has 3 heterocycles. The lowest BCUT2D eigenvalue weighted by Crippen LogP contribution is -2.38. The van der Waals surface area contributed by atoms with Gasteiger partial charge in [-0.05, 0) is 25.0 Å². The first-order valence-corrected chi connectivity index (χ1v) is 7.38. The van der Waals surface area contributed by atoms with Crippen LogP contribution in [0, 0.1) is 0 Å². The Balaban J connectivity index is 1.83. The maximum absolute atomic E-state index is 11.6. The van der Waals surface area contributed by atoms with E-state index in [9.17, 15) is 4.79 Å². The van der Waals surface area contributed by atoms with Gasteiger partial charge >= 0.3 is 0 Å². The number of carbonyl (C=O) groups excluding carboxylic acids is 1. The molecule has 0 aliphatic carbocycles. The molecule has 0 radical (unpaired) electrons. The van der Waals surface area contributed by atoms with Gasteiger partial charge in [0.1, 0.15) is 11.4 Å². The zero-order valence-electron chi connectivity index (χ0n) is 12.5. The number of carbonyl (C=O) groups is 1. The summed E-state index contributed by atoms with van der Waals surface area (Å²) in [5.74, 6) is 1.37. The topological polar surface area (TPSA) is 68.2 Å². The van der Waals surface area contributed by atoms with Crippen molar-refractivity contribution in [2.75, 3.05) is 13.1 Å². The first-order valence-electron chi connectivity index (χ1n) is 7.38. The van der Waals surface area contributed by atoms with Crippen molar-refractivity contribution in [3.05, 3.63) is 42.6 Å². The fourth-order valence-corrected chi connectivity index (χ4v) is 2.70. The van der Waals surface area contributed by atoms with E-state index >= 15 is 0 Å². The van der Waals surface area contributed by atoms with E-state index < -0.39 is 0 Å². The largest absolute Gasteiger partial charge is 0.436 e. The monoisotopic (exact) mass is 298 g/mol. The highest BCUT2D eigenvalue weighted by molar-refractivity contribution is 5.73. The molecule has 1 unspecified atom stereocenters. The number of nitrogens with zero attached hydrogens (tertiary/aromatic N) is 4. The van der Waals surface area contributed by atoms with Crippen molar-refractivity contribution < 1.29 is 9.53 Å². The normalized spacial score (nSPS) is 18.0. The van der Waals surface area contributed by atoms with Gasteiger partial charge in [-0.15, -0.1) is 0 Å². The summed E-state index contributed by atoms with van der Waals surface area (Å²) in [6.07, 6.45) is 8.55. The van der Waals surface area contributed by atoms with Gasteiger partial charge in [-0.2, -0.15) is 0 Å². The highest BCUT2D eigenvalue weighted by Gasteiger charge is 2.27. The van der Waals surface area contributed by atoms with E-state index in [2.05, 4.69) is 15.0 Å². The van der Waals surface area contributed by atoms with Crippen LogP contribution in [0.1, 0.15) is 31.4 Å². The van der Waals surface area contributed by atoms with E-state index in [0.717, 1.165) is 25.1 Å². The van der Waals surface area contributed by atoms with Gasteiger partial charge in [0, 0.05) is 44.5 Å². The smallest absolute Gasteiger partial charge is 0.241 e. The molecular weight excluding hydrogens is 280 g/mol. The minimum absolute atomic E-state index is 0.100. The van der Waals surface area contributed by atoms with Crippen molar-refractivity contribution in [2.45, 2.75) is 25.7 Å². The molecule has 2 aromatic heterocycles. The van der Waals surface area contributed by atoms with E-state index in [1.165, 1.54) is 0 Å². The van der Waals surface area contributed by atoms with Crippen LogP contribution in [0.25, 0.3) is 0 Å². The van der Waals surface area contributed by atoms with E-state index in [0.29, 0.717) is 18.2 Å². The Labute approximate surface area is 129 Å². The molecule has 0 bridgehead atoms. The molecule has 0 aromatic carbocycles. The number of ether oxygens (including phenoxy) is 1. The molecule has 3 rings (SSSR count). The Morgan fingerprint density at radius 1 is 1.32 bits per heavy atom. The number of likely N-dealkylation sites (tertiary alicyclic amines) is 1. The van der Waals surface area contributed by atoms with Crippen molar-refractivity contribution >= 4 is 5.91 Å². The first-order chi connectivity index (χ1) is 10.7. The first kappa shape index (κ1) is 14.4. The summed E-state index contributed by atoms with van der Waals surface area (Å²) in [5, 5.41) is 0. The summed E-state index contributed by atoms with van der Waals surface area (Å²) >= 11 is 0. The van der Waals surface area contributed by atoms with Gasteiger partial charge in [0.15, 0.2) is 0 Å². The number of piperidine rings is 1. The van der Waals surface area contributed by atoms with Crippen molar-refractivity contribution in [1.82, 2.24) is 19.9 Å². The van der Waals surface area contributed by atoms with Gasteiger partial charge in [-0.1, -0.05) is 0 Å². The summed E-state index contributed by atoms with van der Waals surface area (Å²) < 4.78 is 5.82. The molecule has 2 aromatic rings. The molecule has 6 heteroatoms. The van der Waals surface area contributed by atoms with E-state index in [1.54, 1.807) is 31.7 Å². The highest BCUT2D eigenvalue weighted by Crippen LogP contribution is 2.32. The SMILES string of the molecule is CC(=O)N1CCCC(c2nccnc2Oc2cccnc2)C1. The second-order valence-corrected chi connectivity index (χ2v) is 5.34. The lowest BCUT2D eigenvalue weighted by molar-refractivity contribution is -0.130. The molecule has 6 nitrogen and oxygen atoms in total. The lowest BCUT2D eigenvalue weighted by atomic mass is 9.94. The van der Waals surface area contributed by atoms with Crippen LogP contribution in [0.3, 0.4) is 0 Å². The second-order valence-electron chi connectivity index (χ2n) is 5.34. The Morgan fingerprint density at radius 2 is 2.18 bits per heavy atom. The van der Waals surface area contributed by atoms with Crippen molar-refractivity contribution in [3.8, 4) is 11.6 Å². The average molecular weight is 298 g/mol. The molecule has 0 N–H and O–H groups in total. The van der Waals surface area contributed by atoms with Crippen molar-refractivity contribution in [3.63, 3.8) is 0 Å². The minimum atomic E-state index is 0.100. The third kappa shape index (κ3) is 3.21. The van der Waals surface area contributed by atoms with Crippen LogP contribution in [-0.2, 0) is 4.79 Å². The predicted octanol–water partition coefficient (Wildman–Crippen LogP) is 2.39. The molecule has 1 aliphatic rings. The van der Waals surface area contributed by atoms with Gasteiger partial charge < -0.3 is 9.64 Å². The minimum Gasteiger partial charge on any atom is -0.436 e. The molecule has 1 fully saturated rings. The van der Waals surface area contributed by atoms with Crippen LogP contribution >= 0.6 is 0 Å². The van der Waals surface area contributed by atoms with E-state index in [4.69, 9.17) is 4.74 Å². The molecule has 0 spiro atoms. The number of aromatic nitrogens is 3. The Kier molecular flexibility index (Phi) is 4.27. The zero-order valence-corrected chi connectivity index (χ0v) is 12.5. The summed E-state index contributed by atoms with van der Waals surface area (Å²) in [5.41, 5.74) is 0.803. The van der Waals surface area contributed by atoms with Gasteiger partial charge in [0.2, 0.25) is 11.8 Å². The number of amides is 1. The number of hydrogen-bond donors (Lipinski definition) is 0. The summed E-state index contributed by atoms with van der Waals surface area (Å²) in [6, 6.07) is 3.64. The average Bonchev–Trinajstić information content (AvgIpc) is 2.56. The van der Waals surface area contributed by atoms with Crippen LogP contribution in [0.4, 0.5) is 0 Å². The van der Waals surface area contributed by atoms with Crippen LogP contribution in [-0.4, -0.2) is 38.8 Å². The van der Waals surface area contributed by atoms with Crippen molar-refractivity contribution in [1.29, 1.82) is 0 Å².